The summed E-state index contributed by atoms with van der Waals surface area (Å²) in [4.78, 5) is 24.6. The topological polar surface area (TPSA) is 101 Å². The van der Waals surface area contributed by atoms with Gasteiger partial charge in [-0.15, -0.1) is 0 Å². The van der Waals surface area contributed by atoms with E-state index >= 15 is 0 Å². The van der Waals surface area contributed by atoms with Crippen LogP contribution in [0.4, 0.5) is 5.69 Å². The number of anilines is 1. The van der Waals surface area contributed by atoms with Gasteiger partial charge in [-0.1, -0.05) is 39.8 Å². The van der Waals surface area contributed by atoms with Gasteiger partial charge in [0.1, 0.15) is 11.5 Å². The maximum absolute atomic E-state index is 12.3. The summed E-state index contributed by atoms with van der Waals surface area (Å²) in [5.74, 6) is -1.66. The van der Waals surface area contributed by atoms with Gasteiger partial charge in [0.15, 0.2) is 5.78 Å². The highest BCUT2D eigenvalue weighted by molar-refractivity contribution is 6.30. The van der Waals surface area contributed by atoms with Crippen LogP contribution in [0.25, 0.3) is 0 Å². The van der Waals surface area contributed by atoms with Crippen molar-refractivity contribution in [1.82, 2.24) is 0 Å². The predicted molar refractivity (Wildman–Crippen MR) is 90.2 cm³/mol. The second-order valence-corrected chi connectivity index (χ2v) is 4.32. The van der Waals surface area contributed by atoms with Gasteiger partial charge in [-0.25, -0.2) is 0 Å². The molecule has 0 aliphatic heterocycles. The normalized spacial score (nSPS) is 11.3. The average Bonchev–Trinajstić information content (AvgIpc) is 2.55. The van der Waals surface area contributed by atoms with Gasteiger partial charge in [0.25, 0.3) is 0 Å². The number of ketones is 2. The van der Waals surface area contributed by atoms with Crippen molar-refractivity contribution in [3.8, 4) is 11.5 Å². The SMILES string of the molecule is CC.CC.Nc1cc(O)c2c(c1)C(=O)c1cccc(O)c1C2=O. The fourth-order valence-electron chi connectivity index (χ4n) is 2.30. The fourth-order valence-corrected chi connectivity index (χ4v) is 2.30. The van der Waals surface area contributed by atoms with Gasteiger partial charge >= 0.3 is 0 Å². The lowest BCUT2D eigenvalue weighted by atomic mass is 9.83. The first-order chi connectivity index (χ1) is 11.0. The van der Waals surface area contributed by atoms with Gasteiger partial charge in [0, 0.05) is 22.9 Å². The van der Waals surface area contributed by atoms with Gasteiger partial charge in [0.05, 0.1) is 11.1 Å². The first-order valence-corrected chi connectivity index (χ1v) is 7.54. The highest BCUT2D eigenvalue weighted by Gasteiger charge is 2.34. The van der Waals surface area contributed by atoms with Gasteiger partial charge in [-0.3, -0.25) is 9.59 Å². The molecule has 0 atom stereocenters. The smallest absolute Gasteiger partial charge is 0.201 e. The summed E-state index contributed by atoms with van der Waals surface area (Å²) < 4.78 is 0. The monoisotopic (exact) mass is 315 g/mol. The van der Waals surface area contributed by atoms with E-state index < -0.39 is 11.6 Å². The van der Waals surface area contributed by atoms with Crippen molar-refractivity contribution >= 4 is 17.3 Å². The van der Waals surface area contributed by atoms with E-state index in [-0.39, 0.29) is 39.4 Å². The third kappa shape index (κ3) is 3.04. The Kier molecular flexibility index (Phi) is 5.90. The molecule has 5 heteroatoms. The molecule has 0 saturated heterocycles. The predicted octanol–water partition coefficient (Wildman–Crippen LogP) is 3.51. The number of phenols is 2. The zero-order valence-electron chi connectivity index (χ0n) is 13.7. The molecule has 2 aromatic rings. The number of carbonyl (C=O) groups excluding carboxylic acids is 2. The van der Waals surface area contributed by atoms with Crippen LogP contribution in [0.1, 0.15) is 59.5 Å². The number of benzene rings is 2. The van der Waals surface area contributed by atoms with Crippen molar-refractivity contribution in [2.75, 3.05) is 5.73 Å². The number of nitrogens with two attached hydrogens (primary N) is 1. The van der Waals surface area contributed by atoms with Crippen LogP contribution in [0.2, 0.25) is 0 Å². The second-order valence-electron chi connectivity index (χ2n) is 4.32. The standard InChI is InChI=1S/C14H9NO4.2C2H6/c15-6-4-8-12(10(17)5-6)14(19)11-7(13(8)18)2-1-3-9(11)16;2*1-2/h1-5,16-17H,15H2;2*1-2H3. The minimum atomic E-state index is -0.583. The molecule has 2 aromatic carbocycles. The van der Waals surface area contributed by atoms with Gasteiger partial charge in [-0.05, 0) is 12.1 Å². The first-order valence-electron chi connectivity index (χ1n) is 7.54. The van der Waals surface area contributed by atoms with Gasteiger partial charge < -0.3 is 15.9 Å². The molecule has 5 nitrogen and oxygen atoms in total. The second kappa shape index (κ2) is 7.45. The van der Waals surface area contributed by atoms with E-state index in [0.717, 1.165) is 0 Å². The maximum atomic E-state index is 12.3. The number of aromatic hydroxyl groups is 2. The Morgan fingerprint density at radius 3 is 1.96 bits per heavy atom. The molecule has 0 fully saturated rings. The molecule has 0 saturated carbocycles. The van der Waals surface area contributed by atoms with Crippen molar-refractivity contribution in [3.63, 3.8) is 0 Å². The van der Waals surface area contributed by atoms with E-state index in [1.807, 2.05) is 27.7 Å². The molecule has 0 radical (unpaired) electrons. The summed E-state index contributed by atoms with van der Waals surface area (Å²) in [6, 6.07) is 6.82. The van der Waals surface area contributed by atoms with E-state index in [4.69, 9.17) is 5.73 Å². The summed E-state index contributed by atoms with van der Waals surface area (Å²) in [7, 11) is 0. The van der Waals surface area contributed by atoms with Crippen LogP contribution >= 0.6 is 0 Å². The van der Waals surface area contributed by atoms with E-state index in [1.54, 1.807) is 0 Å². The molecule has 0 spiro atoms. The van der Waals surface area contributed by atoms with Crippen LogP contribution in [0.15, 0.2) is 30.3 Å². The first kappa shape index (κ1) is 18.2. The van der Waals surface area contributed by atoms with Crippen LogP contribution in [0.5, 0.6) is 11.5 Å². The Morgan fingerprint density at radius 2 is 1.35 bits per heavy atom. The number of hydrogen-bond donors (Lipinski definition) is 3. The summed E-state index contributed by atoms with van der Waals surface area (Å²) in [5, 5.41) is 19.5. The zero-order chi connectivity index (χ0) is 17.7. The molecule has 122 valence electrons. The van der Waals surface area contributed by atoms with Gasteiger partial charge in [0.2, 0.25) is 5.78 Å². The number of nitrogen functional groups attached to an aromatic ring is 1. The lowest BCUT2D eigenvalue weighted by molar-refractivity contribution is 0.0974. The number of fused-ring (bicyclic) bond motifs is 2. The Hall–Kier alpha value is -2.82. The van der Waals surface area contributed by atoms with E-state index in [1.165, 1.54) is 30.3 Å². The lowest BCUT2D eigenvalue weighted by Crippen LogP contribution is -2.21. The Balaban J connectivity index is 0.000000615. The molecule has 0 aromatic heterocycles. The maximum Gasteiger partial charge on any atom is 0.201 e. The molecule has 0 bridgehead atoms. The van der Waals surface area contributed by atoms with E-state index in [9.17, 15) is 19.8 Å². The molecule has 1 aliphatic rings. The van der Waals surface area contributed by atoms with Crippen molar-refractivity contribution in [2.45, 2.75) is 27.7 Å². The van der Waals surface area contributed by atoms with Crippen molar-refractivity contribution < 1.29 is 19.8 Å². The molecule has 4 N–H and O–H groups in total. The Morgan fingerprint density at radius 1 is 0.783 bits per heavy atom. The fraction of sp³-hybridized carbons (Fsp3) is 0.222. The summed E-state index contributed by atoms with van der Waals surface area (Å²) >= 11 is 0. The third-order valence-electron chi connectivity index (χ3n) is 3.13. The van der Waals surface area contributed by atoms with Crippen molar-refractivity contribution in [2.24, 2.45) is 0 Å². The van der Waals surface area contributed by atoms with Gasteiger partial charge in [-0.2, -0.15) is 0 Å². The Bertz CT molecular complexity index is 751. The third-order valence-corrected chi connectivity index (χ3v) is 3.13. The minimum Gasteiger partial charge on any atom is -0.507 e. The highest BCUT2D eigenvalue weighted by Crippen LogP contribution is 2.37. The number of rotatable bonds is 0. The minimum absolute atomic E-state index is 0.0561. The van der Waals surface area contributed by atoms with Crippen LogP contribution in [-0.4, -0.2) is 21.8 Å². The molecular weight excluding hydrogens is 294 g/mol. The van der Waals surface area contributed by atoms with Crippen LogP contribution in [0.3, 0.4) is 0 Å². The molecule has 23 heavy (non-hydrogen) atoms. The molecule has 3 rings (SSSR count). The van der Waals surface area contributed by atoms with Crippen LogP contribution in [-0.2, 0) is 0 Å². The largest absolute Gasteiger partial charge is 0.507 e. The molecule has 0 amide bonds. The van der Waals surface area contributed by atoms with E-state index in [2.05, 4.69) is 0 Å². The summed E-state index contributed by atoms with van der Waals surface area (Å²) in [6.45, 7) is 8.00. The van der Waals surface area contributed by atoms with Crippen LogP contribution < -0.4 is 5.73 Å². The molecule has 0 heterocycles. The lowest BCUT2D eigenvalue weighted by Gasteiger charge is -2.19. The zero-order valence-corrected chi connectivity index (χ0v) is 13.7. The van der Waals surface area contributed by atoms with Crippen molar-refractivity contribution in [3.05, 3.63) is 52.6 Å². The van der Waals surface area contributed by atoms with E-state index in [0.29, 0.717) is 0 Å². The Labute approximate surface area is 135 Å². The summed E-state index contributed by atoms with van der Waals surface area (Å²) in [6.07, 6.45) is 0. The number of hydrogen-bond acceptors (Lipinski definition) is 5. The van der Waals surface area contributed by atoms with Crippen LogP contribution in [0, 0.1) is 0 Å². The average molecular weight is 315 g/mol. The van der Waals surface area contributed by atoms with Crippen molar-refractivity contribution in [1.29, 1.82) is 0 Å². The highest BCUT2D eigenvalue weighted by atomic mass is 16.3. The summed E-state index contributed by atoms with van der Waals surface area (Å²) in [5.41, 5.74) is 5.73. The number of carbonyl (C=O) groups is 2. The molecular formula is C18H21NO4. The molecule has 0 unspecified atom stereocenters. The molecule has 1 aliphatic carbocycles. The number of phenolic OH excluding ortho intramolecular Hbond substituents is 2. The quantitative estimate of drug-likeness (QED) is 0.551.